The number of hydrogen-bond donors (Lipinski definition) is 2. The third kappa shape index (κ3) is 4.86. The molecule has 0 unspecified atom stereocenters. The molecule has 0 heterocycles. The van der Waals surface area contributed by atoms with Gasteiger partial charge in [-0.2, -0.15) is 0 Å². The van der Waals surface area contributed by atoms with Crippen LogP contribution in [0.3, 0.4) is 0 Å². The minimum Gasteiger partial charge on any atom is -0.393 e. The van der Waals surface area contributed by atoms with E-state index in [1.54, 1.807) is 5.57 Å². The fourth-order valence-electron chi connectivity index (χ4n) is 6.32. The van der Waals surface area contributed by atoms with Crippen LogP contribution in [0.4, 0.5) is 0 Å². The van der Waals surface area contributed by atoms with E-state index in [1.807, 2.05) is 0 Å². The zero-order chi connectivity index (χ0) is 22.1. The molecule has 0 aliphatic heterocycles. The van der Waals surface area contributed by atoms with Crippen molar-refractivity contribution in [1.82, 2.24) is 0 Å². The van der Waals surface area contributed by atoms with Crippen LogP contribution in [0.5, 0.6) is 0 Å². The Hall–Kier alpha value is -1.12. The molecular weight excluding hydrogens is 368 g/mol. The summed E-state index contributed by atoms with van der Waals surface area (Å²) in [6, 6.07) is 0. The molecule has 0 amide bonds. The molecule has 0 aromatic heterocycles. The zero-order valence-electron chi connectivity index (χ0n) is 19.9. The summed E-state index contributed by atoms with van der Waals surface area (Å²) in [6.07, 6.45) is 15.8. The predicted octanol–water partition coefficient (Wildman–Crippen LogP) is 6.61. The zero-order valence-corrected chi connectivity index (χ0v) is 19.9. The highest BCUT2D eigenvalue weighted by Crippen LogP contribution is 2.59. The highest BCUT2D eigenvalue weighted by molar-refractivity contribution is 5.38. The van der Waals surface area contributed by atoms with Gasteiger partial charge < -0.3 is 10.2 Å². The van der Waals surface area contributed by atoms with Crippen molar-refractivity contribution >= 4 is 0 Å². The topological polar surface area (TPSA) is 40.5 Å². The molecular formula is C28H44O2. The van der Waals surface area contributed by atoms with Gasteiger partial charge >= 0.3 is 0 Å². The van der Waals surface area contributed by atoms with Gasteiger partial charge in [0.1, 0.15) is 0 Å². The van der Waals surface area contributed by atoms with Crippen molar-refractivity contribution in [1.29, 1.82) is 0 Å². The van der Waals surface area contributed by atoms with Crippen LogP contribution in [0.1, 0.15) is 79.6 Å². The third-order valence-electron chi connectivity index (χ3n) is 8.71. The van der Waals surface area contributed by atoms with Crippen molar-refractivity contribution < 1.29 is 10.2 Å². The summed E-state index contributed by atoms with van der Waals surface area (Å²) >= 11 is 0. The average molecular weight is 413 g/mol. The first-order chi connectivity index (χ1) is 14.1. The molecule has 0 radical (unpaired) electrons. The second-order valence-electron chi connectivity index (χ2n) is 11.0. The van der Waals surface area contributed by atoms with Crippen LogP contribution in [-0.2, 0) is 0 Å². The van der Waals surface area contributed by atoms with Crippen molar-refractivity contribution in [2.45, 2.75) is 91.8 Å². The van der Waals surface area contributed by atoms with Crippen LogP contribution in [-0.4, -0.2) is 22.4 Å². The number of allylic oxidation sites excluding steroid dienone is 5. The second kappa shape index (κ2) is 9.57. The molecule has 2 heteroatoms. The number of aliphatic hydroxyl groups excluding tert-OH is 2. The van der Waals surface area contributed by atoms with Gasteiger partial charge in [0.25, 0.3) is 0 Å². The molecule has 3 fully saturated rings. The Morgan fingerprint density at radius 3 is 2.50 bits per heavy atom. The van der Waals surface area contributed by atoms with Crippen molar-refractivity contribution in [3.05, 3.63) is 47.6 Å². The Bertz CT molecular complexity index is 712. The second-order valence-corrected chi connectivity index (χ2v) is 11.0. The Morgan fingerprint density at radius 2 is 1.80 bits per heavy atom. The number of aliphatic hydroxyl groups is 2. The Balaban J connectivity index is 1.76. The lowest BCUT2D eigenvalue weighted by Crippen LogP contribution is -2.35. The van der Waals surface area contributed by atoms with Gasteiger partial charge in [0.05, 0.1) is 12.2 Å². The fourth-order valence-corrected chi connectivity index (χ4v) is 6.32. The summed E-state index contributed by atoms with van der Waals surface area (Å²) in [6.45, 7) is 16.0. The molecule has 0 bridgehead atoms. The minimum atomic E-state index is -0.605. The lowest BCUT2D eigenvalue weighted by Gasteiger charge is -2.44. The standard InChI is InChI=1S/C28H44O2/c1-18(2)19(3)9-10-20(4)25-13-14-26-22(8-7-15-28(25,26)6)11-12-23-16-24(29)17-27(30)21(23)5/h9-12,18-20,24-27,29-30H,5,7-8,13-17H2,1-4,6H3/b10-9+,22-11+,23-12-/t19-,20-,24+,25+,26-,27-,28+/m0/s1. The van der Waals surface area contributed by atoms with Gasteiger partial charge in [0, 0.05) is 6.42 Å². The van der Waals surface area contributed by atoms with E-state index in [-0.39, 0.29) is 0 Å². The number of hydrogen-bond acceptors (Lipinski definition) is 2. The van der Waals surface area contributed by atoms with E-state index >= 15 is 0 Å². The lowest BCUT2D eigenvalue weighted by molar-refractivity contribution is 0.0862. The maximum Gasteiger partial charge on any atom is 0.0811 e. The van der Waals surface area contributed by atoms with E-state index in [9.17, 15) is 10.2 Å². The average Bonchev–Trinajstić information content (AvgIpc) is 3.04. The maximum absolute atomic E-state index is 10.1. The van der Waals surface area contributed by atoms with E-state index in [4.69, 9.17) is 0 Å². The Morgan fingerprint density at radius 1 is 1.07 bits per heavy atom. The first kappa shape index (κ1) is 23.5. The smallest absolute Gasteiger partial charge is 0.0811 e. The van der Waals surface area contributed by atoms with Gasteiger partial charge in [-0.05, 0) is 84.7 Å². The molecule has 0 aromatic rings. The molecule has 3 saturated carbocycles. The maximum atomic E-state index is 10.1. The van der Waals surface area contributed by atoms with Crippen molar-refractivity contribution in [3.8, 4) is 0 Å². The highest BCUT2D eigenvalue weighted by Gasteiger charge is 2.50. The molecule has 0 aromatic carbocycles. The molecule has 2 N–H and O–H groups in total. The molecule has 30 heavy (non-hydrogen) atoms. The summed E-state index contributed by atoms with van der Waals surface area (Å²) in [5.41, 5.74) is 3.77. The predicted molar refractivity (Wildman–Crippen MR) is 127 cm³/mol. The van der Waals surface area contributed by atoms with E-state index in [2.05, 4.69) is 65.5 Å². The molecule has 2 nitrogen and oxygen atoms in total. The molecule has 7 atom stereocenters. The fraction of sp³-hybridized carbons (Fsp3) is 0.714. The molecule has 3 aliphatic rings. The van der Waals surface area contributed by atoms with Crippen LogP contribution >= 0.6 is 0 Å². The van der Waals surface area contributed by atoms with Crippen LogP contribution in [0.2, 0.25) is 0 Å². The Labute approximate surface area is 184 Å². The van der Waals surface area contributed by atoms with E-state index < -0.39 is 12.2 Å². The van der Waals surface area contributed by atoms with E-state index in [0.717, 1.165) is 17.1 Å². The van der Waals surface area contributed by atoms with Gasteiger partial charge in [-0.15, -0.1) is 0 Å². The van der Waals surface area contributed by atoms with Crippen LogP contribution in [0.15, 0.2) is 47.6 Å². The van der Waals surface area contributed by atoms with Gasteiger partial charge in [-0.25, -0.2) is 0 Å². The quantitative estimate of drug-likeness (QED) is 0.499. The summed E-state index contributed by atoms with van der Waals surface area (Å²) in [5, 5.41) is 20.2. The molecule has 0 saturated heterocycles. The lowest BCUT2D eigenvalue weighted by atomic mass is 9.61. The van der Waals surface area contributed by atoms with E-state index in [1.165, 1.54) is 32.1 Å². The molecule has 168 valence electrons. The number of fused-ring (bicyclic) bond motifs is 1. The van der Waals surface area contributed by atoms with Crippen molar-refractivity contribution in [3.63, 3.8) is 0 Å². The van der Waals surface area contributed by atoms with Crippen LogP contribution in [0, 0.1) is 35.0 Å². The van der Waals surface area contributed by atoms with Gasteiger partial charge in [0.15, 0.2) is 0 Å². The van der Waals surface area contributed by atoms with Crippen LogP contribution < -0.4 is 0 Å². The monoisotopic (exact) mass is 412 g/mol. The largest absolute Gasteiger partial charge is 0.393 e. The summed E-state index contributed by atoms with van der Waals surface area (Å²) in [5.74, 6) is 3.38. The molecule has 3 rings (SSSR count). The van der Waals surface area contributed by atoms with Crippen molar-refractivity contribution in [2.24, 2.45) is 35.0 Å². The highest BCUT2D eigenvalue weighted by atomic mass is 16.3. The van der Waals surface area contributed by atoms with Gasteiger partial charge in [-0.3, -0.25) is 0 Å². The molecule has 0 spiro atoms. The Kier molecular flexibility index (Phi) is 7.51. The minimum absolute atomic E-state index is 0.385. The van der Waals surface area contributed by atoms with Crippen LogP contribution in [0.25, 0.3) is 0 Å². The molecule has 3 aliphatic carbocycles. The van der Waals surface area contributed by atoms with Gasteiger partial charge in [-0.1, -0.05) is 71.1 Å². The van der Waals surface area contributed by atoms with Gasteiger partial charge in [0.2, 0.25) is 0 Å². The first-order valence-electron chi connectivity index (χ1n) is 12.3. The SMILES string of the molecule is C=C1/C(=C\C=C2/CCC[C@]3(C)[C@@H]([C@@H](C)/C=C/[C@H](C)C(C)C)CC[C@@H]23)C[C@@H](O)C[C@@H]1O. The first-order valence-corrected chi connectivity index (χ1v) is 12.3. The summed E-state index contributed by atoms with van der Waals surface area (Å²) in [4.78, 5) is 0. The normalized spacial score (nSPS) is 39.8. The van der Waals surface area contributed by atoms with E-state index in [0.29, 0.717) is 41.9 Å². The summed E-state index contributed by atoms with van der Waals surface area (Å²) < 4.78 is 0. The van der Waals surface area contributed by atoms with Crippen molar-refractivity contribution in [2.75, 3.05) is 0 Å². The summed E-state index contributed by atoms with van der Waals surface area (Å²) in [7, 11) is 0. The number of rotatable bonds is 5. The third-order valence-corrected chi connectivity index (χ3v) is 8.71.